The molecule has 9 nitrogen and oxygen atoms in total. The van der Waals surface area contributed by atoms with E-state index in [1.807, 2.05) is 20.8 Å². The number of sulfonamides is 1. The third-order valence-electron chi connectivity index (χ3n) is 4.24. The Labute approximate surface area is 168 Å². The molecule has 0 bridgehead atoms. The zero-order chi connectivity index (χ0) is 20.4. The number of hydrogen-bond donors (Lipinski definition) is 2. The van der Waals surface area contributed by atoms with E-state index in [2.05, 4.69) is 19.4 Å². The second-order valence-electron chi connectivity index (χ2n) is 7.38. The highest BCUT2D eigenvalue weighted by Gasteiger charge is 2.36. The van der Waals surface area contributed by atoms with Gasteiger partial charge in [0, 0.05) is 29.7 Å². The number of nitrogens with one attached hydrogen (secondary N) is 2. The van der Waals surface area contributed by atoms with E-state index in [1.54, 1.807) is 4.90 Å². The fourth-order valence-corrected chi connectivity index (χ4v) is 4.72. The molecule has 2 heterocycles. The molecule has 0 radical (unpaired) electrons. The van der Waals surface area contributed by atoms with E-state index in [9.17, 15) is 13.2 Å². The molecule has 28 heavy (non-hydrogen) atoms. The Bertz CT molecular complexity index is 902. The SMILES string of the molecule is CC(C)(C)N(C(=O)Oc1ccc(S(=O)(=O)Nc2ncns2)cc1)C1CCNC1. The van der Waals surface area contributed by atoms with Crippen molar-refractivity contribution in [2.45, 2.75) is 43.7 Å². The van der Waals surface area contributed by atoms with Gasteiger partial charge in [0.25, 0.3) is 10.0 Å². The number of ether oxygens (including phenoxy) is 1. The first-order valence-electron chi connectivity index (χ1n) is 8.78. The summed E-state index contributed by atoms with van der Waals surface area (Å²) in [5, 5.41) is 3.44. The minimum Gasteiger partial charge on any atom is -0.410 e. The molecule has 2 aromatic rings. The van der Waals surface area contributed by atoms with Crippen molar-refractivity contribution < 1.29 is 17.9 Å². The number of aromatic nitrogens is 2. The van der Waals surface area contributed by atoms with Crippen LogP contribution in [0.25, 0.3) is 0 Å². The molecule has 0 spiro atoms. The standard InChI is InChI=1S/C17H23N5O4S2/c1-17(2,3)22(12-8-9-18-10-12)16(23)26-13-4-6-14(7-5-13)28(24,25)21-15-19-11-20-27-15/h4-7,11-12,18H,8-10H2,1-3H3,(H,19,20,21). The van der Waals surface area contributed by atoms with E-state index in [-0.39, 0.29) is 21.8 Å². The summed E-state index contributed by atoms with van der Waals surface area (Å²) in [5.74, 6) is 0.278. The van der Waals surface area contributed by atoms with Gasteiger partial charge in [0.1, 0.15) is 12.1 Å². The third kappa shape index (κ3) is 4.78. The van der Waals surface area contributed by atoms with Gasteiger partial charge in [-0.2, -0.15) is 4.37 Å². The van der Waals surface area contributed by atoms with Crippen molar-refractivity contribution in [2.24, 2.45) is 0 Å². The highest BCUT2D eigenvalue weighted by atomic mass is 32.2. The summed E-state index contributed by atoms with van der Waals surface area (Å²) < 4.78 is 36.3. The van der Waals surface area contributed by atoms with Crippen molar-refractivity contribution in [1.29, 1.82) is 0 Å². The summed E-state index contributed by atoms with van der Waals surface area (Å²) in [4.78, 5) is 18.3. The molecule has 3 rings (SSSR count). The molecule has 1 aromatic carbocycles. The Kier molecular flexibility index (Phi) is 5.87. The molecule has 1 aromatic heterocycles. The molecular formula is C17H23N5O4S2. The summed E-state index contributed by atoms with van der Waals surface area (Å²) in [6.45, 7) is 7.46. The Hall–Kier alpha value is -2.24. The number of carbonyl (C=O) groups excluding carboxylic acids is 1. The van der Waals surface area contributed by atoms with E-state index in [1.165, 1.54) is 30.6 Å². The van der Waals surface area contributed by atoms with Crippen LogP contribution in [0, 0.1) is 0 Å². The highest BCUT2D eigenvalue weighted by Crippen LogP contribution is 2.24. The van der Waals surface area contributed by atoms with Gasteiger partial charge >= 0.3 is 6.09 Å². The lowest BCUT2D eigenvalue weighted by molar-refractivity contribution is 0.0814. The maximum absolute atomic E-state index is 12.8. The lowest BCUT2D eigenvalue weighted by Crippen LogP contribution is -2.53. The van der Waals surface area contributed by atoms with Gasteiger partial charge in [-0.15, -0.1) is 0 Å². The Morgan fingerprint density at radius 1 is 1.32 bits per heavy atom. The van der Waals surface area contributed by atoms with Crippen molar-refractivity contribution in [3.8, 4) is 5.75 Å². The van der Waals surface area contributed by atoms with Crippen LogP contribution in [-0.4, -0.2) is 53.4 Å². The van der Waals surface area contributed by atoms with E-state index in [0.717, 1.165) is 31.0 Å². The smallest absolute Gasteiger partial charge is 0.410 e. The molecule has 1 amide bonds. The maximum atomic E-state index is 12.8. The molecule has 1 unspecified atom stereocenters. The minimum absolute atomic E-state index is 0.0372. The molecule has 0 aliphatic carbocycles. The first kappa shape index (κ1) is 20.5. The predicted octanol–water partition coefficient (Wildman–Crippen LogP) is 2.30. The monoisotopic (exact) mass is 425 g/mol. The van der Waals surface area contributed by atoms with Crippen LogP contribution in [0.4, 0.5) is 9.93 Å². The van der Waals surface area contributed by atoms with E-state index >= 15 is 0 Å². The first-order valence-corrected chi connectivity index (χ1v) is 11.0. The summed E-state index contributed by atoms with van der Waals surface area (Å²) >= 11 is 0.942. The Morgan fingerprint density at radius 2 is 2.04 bits per heavy atom. The van der Waals surface area contributed by atoms with Crippen molar-refractivity contribution >= 4 is 32.8 Å². The zero-order valence-corrected chi connectivity index (χ0v) is 17.5. The molecule has 11 heteroatoms. The maximum Gasteiger partial charge on any atom is 0.415 e. The molecule has 0 saturated carbocycles. The lowest BCUT2D eigenvalue weighted by Gasteiger charge is -2.38. The molecule has 1 atom stereocenters. The fourth-order valence-electron chi connectivity index (χ4n) is 3.06. The Balaban J connectivity index is 1.71. The van der Waals surface area contributed by atoms with Crippen LogP contribution in [0.15, 0.2) is 35.5 Å². The van der Waals surface area contributed by atoms with Gasteiger partial charge in [0.05, 0.1) is 4.90 Å². The van der Waals surface area contributed by atoms with Crippen LogP contribution < -0.4 is 14.8 Å². The molecule has 1 aliphatic rings. The summed E-state index contributed by atoms with van der Waals surface area (Å²) in [7, 11) is -3.78. The van der Waals surface area contributed by atoms with Crippen molar-refractivity contribution in [3.05, 3.63) is 30.6 Å². The van der Waals surface area contributed by atoms with Crippen LogP contribution in [0.3, 0.4) is 0 Å². The fraction of sp³-hybridized carbons (Fsp3) is 0.471. The minimum atomic E-state index is -3.78. The zero-order valence-electron chi connectivity index (χ0n) is 15.9. The number of carbonyl (C=O) groups is 1. The number of hydrogen-bond acceptors (Lipinski definition) is 8. The number of amides is 1. The van der Waals surface area contributed by atoms with Gasteiger partial charge in [0.15, 0.2) is 0 Å². The van der Waals surface area contributed by atoms with Gasteiger partial charge in [-0.05, 0) is 58.0 Å². The van der Waals surface area contributed by atoms with Crippen LogP contribution in [0.5, 0.6) is 5.75 Å². The van der Waals surface area contributed by atoms with E-state index in [0.29, 0.717) is 0 Å². The number of anilines is 1. The van der Waals surface area contributed by atoms with Crippen molar-refractivity contribution in [1.82, 2.24) is 19.6 Å². The molecular weight excluding hydrogens is 402 g/mol. The second kappa shape index (κ2) is 8.02. The Morgan fingerprint density at radius 3 is 2.57 bits per heavy atom. The molecule has 2 N–H and O–H groups in total. The van der Waals surface area contributed by atoms with E-state index in [4.69, 9.17) is 4.74 Å². The predicted molar refractivity (Wildman–Crippen MR) is 106 cm³/mol. The van der Waals surface area contributed by atoms with E-state index < -0.39 is 21.7 Å². The van der Waals surface area contributed by atoms with Gasteiger partial charge in [-0.3, -0.25) is 9.62 Å². The summed E-state index contributed by atoms with van der Waals surface area (Å²) in [6, 6.07) is 5.73. The lowest BCUT2D eigenvalue weighted by atomic mass is 10.0. The molecule has 1 aliphatic heterocycles. The average Bonchev–Trinajstić information content (AvgIpc) is 3.28. The number of benzene rings is 1. The van der Waals surface area contributed by atoms with Gasteiger partial charge in [-0.1, -0.05) is 0 Å². The van der Waals surface area contributed by atoms with Crippen LogP contribution in [-0.2, 0) is 10.0 Å². The van der Waals surface area contributed by atoms with Crippen LogP contribution in [0.1, 0.15) is 27.2 Å². The topological polar surface area (TPSA) is 114 Å². The van der Waals surface area contributed by atoms with Crippen LogP contribution >= 0.6 is 11.5 Å². The molecule has 152 valence electrons. The van der Waals surface area contributed by atoms with Gasteiger partial charge < -0.3 is 10.1 Å². The van der Waals surface area contributed by atoms with Crippen molar-refractivity contribution in [2.75, 3.05) is 17.8 Å². The molecule has 1 saturated heterocycles. The number of rotatable bonds is 5. The summed E-state index contributed by atoms with van der Waals surface area (Å²) in [6.07, 6.45) is 1.68. The summed E-state index contributed by atoms with van der Waals surface area (Å²) in [5.41, 5.74) is -0.400. The highest BCUT2D eigenvalue weighted by molar-refractivity contribution is 7.93. The van der Waals surface area contributed by atoms with Gasteiger partial charge in [0.2, 0.25) is 5.13 Å². The van der Waals surface area contributed by atoms with Crippen LogP contribution in [0.2, 0.25) is 0 Å². The van der Waals surface area contributed by atoms with Gasteiger partial charge in [-0.25, -0.2) is 18.2 Å². The quantitative estimate of drug-likeness (QED) is 0.755. The first-order chi connectivity index (χ1) is 13.2. The molecule has 1 fully saturated rings. The normalized spacial score (nSPS) is 17.3. The van der Waals surface area contributed by atoms with Crippen molar-refractivity contribution in [3.63, 3.8) is 0 Å². The third-order valence-corrected chi connectivity index (χ3v) is 6.31. The number of nitrogens with zero attached hydrogens (tertiary/aromatic N) is 3. The second-order valence-corrected chi connectivity index (χ2v) is 9.84. The largest absolute Gasteiger partial charge is 0.415 e. The average molecular weight is 426 g/mol.